The number of rotatable bonds is 5. The van der Waals surface area contributed by atoms with Crippen LogP contribution in [0.2, 0.25) is 0 Å². The maximum Gasteiger partial charge on any atom is 0.335 e. The maximum atomic E-state index is 11.3. The molecule has 0 heterocycles. The van der Waals surface area contributed by atoms with E-state index in [0.29, 0.717) is 18.7 Å². The van der Waals surface area contributed by atoms with E-state index in [-0.39, 0.29) is 5.97 Å². The smallest absolute Gasteiger partial charge is 0.335 e. The monoisotopic (exact) mass is 297 g/mol. The lowest BCUT2D eigenvalue weighted by atomic mass is 10.2. The van der Waals surface area contributed by atoms with Gasteiger partial charge in [-0.05, 0) is 31.5 Å². The summed E-state index contributed by atoms with van der Waals surface area (Å²) in [4.78, 5) is 11.3. The van der Waals surface area contributed by atoms with Crippen LogP contribution in [0.3, 0.4) is 0 Å². The van der Waals surface area contributed by atoms with Crippen LogP contribution in [0, 0.1) is 6.92 Å². The molecule has 0 radical (unpaired) electrons. The predicted octanol–water partition coefficient (Wildman–Crippen LogP) is 3.29. The molecular weight excluding hydrogens is 282 g/mol. The molecule has 1 aromatic rings. The number of carbonyl (C=O) groups excluding carboxylic acids is 1. The van der Waals surface area contributed by atoms with E-state index < -0.39 is 0 Å². The zero-order valence-electron chi connectivity index (χ0n) is 10.0. The first-order chi connectivity index (χ1) is 8.06. The highest BCUT2D eigenvalue weighted by molar-refractivity contribution is 9.10. The molecule has 0 aromatic heterocycles. The average molecular weight is 298 g/mol. The predicted molar refractivity (Wildman–Crippen MR) is 73.1 cm³/mol. The van der Waals surface area contributed by atoms with Gasteiger partial charge in [0.25, 0.3) is 0 Å². The van der Waals surface area contributed by atoms with Crippen molar-refractivity contribution in [3.8, 4) is 0 Å². The number of anilines is 1. The molecular formula is C13H16BrNO2. The molecule has 0 saturated carbocycles. The van der Waals surface area contributed by atoms with Crippen molar-refractivity contribution in [2.45, 2.75) is 13.8 Å². The first-order valence-electron chi connectivity index (χ1n) is 5.40. The zero-order valence-corrected chi connectivity index (χ0v) is 11.6. The Balaban J connectivity index is 2.59. The van der Waals surface area contributed by atoms with Crippen LogP contribution < -0.4 is 5.32 Å². The fraction of sp³-hybridized carbons (Fsp3) is 0.308. The number of hydrogen-bond donors (Lipinski definition) is 1. The Morgan fingerprint density at radius 1 is 1.53 bits per heavy atom. The third kappa shape index (κ3) is 3.89. The minimum absolute atomic E-state index is 0.354. The van der Waals surface area contributed by atoms with Crippen LogP contribution in [0.5, 0.6) is 0 Å². The molecule has 0 saturated heterocycles. The normalized spacial score (nSPS) is 9.82. The van der Waals surface area contributed by atoms with E-state index >= 15 is 0 Å². The summed E-state index contributed by atoms with van der Waals surface area (Å²) >= 11 is 3.45. The molecule has 1 aromatic carbocycles. The van der Waals surface area contributed by atoms with Gasteiger partial charge in [0.15, 0.2) is 0 Å². The number of esters is 1. The first kappa shape index (κ1) is 13.8. The van der Waals surface area contributed by atoms with Gasteiger partial charge in [-0.15, -0.1) is 0 Å². The third-order valence-electron chi connectivity index (χ3n) is 2.32. The highest BCUT2D eigenvalue weighted by Gasteiger charge is 2.08. The Morgan fingerprint density at radius 2 is 2.24 bits per heavy atom. The van der Waals surface area contributed by atoms with Crippen molar-refractivity contribution in [3.05, 3.63) is 40.4 Å². The van der Waals surface area contributed by atoms with E-state index in [9.17, 15) is 4.79 Å². The highest BCUT2D eigenvalue weighted by atomic mass is 79.9. The Kier molecular flexibility index (Phi) is 5.22. The van der Waals surface area contributed by atoms with Crippen molar-refractivity contribution in [1.29, 1.82) is 0 Å². The van der Waals surface area contributed by atoms with Crippen LogP contribution in [-0.4, -0.2) is 19.1 Å². The van der Waals surface area contributed by atoms with Crippen LogP contribution in [-0.2, 0) is 9.53 Å². The fourth-order valence-electron chi connectivity index (χ4n) is 1.31. The van der Waals surface area contributed by atoms with Crippen molar-refractivity contribution in [2.75, 3.05) is 18.5 Å². The van der Waals surface area contributed by atoms with Gasteiger partial charge in [-0.25, -0.2) is 4.79 Å². The van der Waals surface area contributed by atoms with Crippen LogP contribution in [0.4, 0.5) is 5.69 Å². The minimum atomic E-state index is -0.354. The SMILES string of the molecule is C=C(CNc1cccc(Br)c1C)C(=O)OCC. The molecule has 1 rings (SSSR count). The topological polar surface area (TPSA) is 38.3 Å². The Labute approximate surface area is 110 Å². The Hall–Kier alpha value is -1.29. The number of ether oxygens (including phenoxy) is 1. The Bertz CT molecular complexity index is 429. The van der Waals surface area contributed by atoms with Gasteiger partial charge in [0.2, 0.25) is 0 Å². The van der Waals surface area contributed by atoms with Gasteiger partial charge in [0.1, 0.15) is 0 Å². The van der Waals surface area contributed by atoms with Gasteiger partial charge < -0.3 is 10.1 Å². The molecule has 0 atom stereocenters. The summed E-state index contributed by atoms with van der Waals surface area (Å²) in [5.41, 5.74) is 2.50. The second-order valence-electron chi connectivity index (χ2n) is 3.59. The summed E-state index contributed by atoms with van der Waals surface area (Å²) < 4.78 is 5.89. The summed E-state index contributed by atoms with van der Waals surface area (Å²) in [5, 5.41) is 3.16. The molecule has 1 N–H and O–H groups in total. The molecule has 0 unspecified atom stereocenters. The lowest BCUT2D eigenvalue weighted by molar-refractivity contribution is -0.138. The number of hydrogen-bond acceptors (Lipinski definition) is 3. The number of nitrogens with one attached hydrogen (secondary N) is 1. The highest BCUT2D eigenvalue weighted by Crippen LogP contribution is 2.23. The van der Waals surface area contributed by atoms with Gasteiger partial charge in [-0.3, -0.25) is 0 Å². The summed E-state index contributed by atoms with van der Waals surface area (Å²) in [6.07, 6.45) is 0. The summed E-state index contributed by atoms with van der Waals surface area (Å²) in [5.74, 6) is -0.354. The van der Waals surface area contributed by atoms with E-state index in [0.717, 1.165) is 15.7 Å². The quantitative estimate of drug-likeness (QED) is 0.669. The average Bonchev–Trinajstić information content (AvgIpc) is 2.31. The van der Waals surface area contributed by atoms with Crippen molar-refractivity contribution in [1.82, 2.24) is 0 Å². The standard InChI is InChI=1S/C13H16BrNO2/c1-4-17-13(16)9(2)8-15-12-7-5-6-11(14)10(12)3/h5-7,15H,2,4,8H2,1,3H3. The largest absolute Gasteiger partial charge is 0.463 e. The van der Waals surface area contributed by atoms with Gasteiger partial charge >= 0.3 is 5.97 Å². The van der Waals surface area contributed by atoms with E-state index in [4.69, 9.17) is 4.74 Å². The van der Waals surface area contributed by atoms with Gasteiger partial charge in [0.05, 0.1) is 6.61 Å². The molecule has 0 spiro atoms. The van der Waals surface area contributed by atoms with E-state index in [1.54, 1.807) is 6.92 Å². The van der Waals surface area contributed by atoms with Crippen molar-refractivity contribution in [2.24, 2.45) is 0 Å². The van der Waals surface area contributed by atoms with Gasteiger partial charge in [-0.1, -0.05) is 28.6 Å². The number of halogens is 1. The third-order valence-corrected chi connectivity index (χ3v) is 3.18. The maximum absolute atomic E-state index is 11.3. The molecule has 0 fully saturated rings. The molecule has 0 bridgehead atoms. The lowest BCUT2D eigenvalue weighted by Gasteiger charge is -2.11. The number of benzene rings is 1. The summed E-state index contributed by atoms with van der Waals surface area (Å²) in [6.45, 7) is 8.22. The van der Waals surface area contributed by atoms with Crippen molar-refractivity contribution < 1.29 is 9.53 Å². The van der Waals surface area contributed by atoms with Crippen LogP contribution in [0.15, 0.2) is 34.8 Å². The molecule has 3 nitrogen and oxygen atoms in total. The second kappa shape index (κ2) is 6.45. The van der Waals surface area contributed by atoms with Crippen molar-refractivity contribution in [3.63, 3.8) is 0 Å². The zero-order chi connectivity index (χ0) is 12.8. The number of carbonyl (C=O) groups is 1. The second-order valence-corrected chi connectivity index (χ2v) is 4.44. The van der Waals surface area contributed by atoms with Crippen LogP contribution in [0.25, 0.3) is 0 Å². The molecule has 0 aliphatic heterocycles. The van der Waals surface area contributed by atoms with E-state index in [1.807, 2.05) is 25.1 Å². The summed E-state index contributed by atoms with van der Waals surface area (Å²) in [6, 6.07) is 5.87. The molecule has 92 valence electrons. The molecule has 4 heteroatoms. The molecule has 0 amide bonds. The van der Waals surface area contributed by atoms with Crippen LogP contribution >= 0.6 is 15.9 Å². The molecule has 0 aliphatic rings. The Morgan fingerprint density at radius 3 is 2.88 bits per heavy atom. The van der Waals surface area contributed by atoms with Crippen LogP contribution in [0.1, 0.15) is 12.5 Å². The molecule has 17 heavy (non-hydrogen) atoms. The summed E-state index contributed by atoms with van der Waals surface area (Å²) in [7, 11) is 0. The van der Waals surface area contributed by atoms with E-state index in [1.165, 1.54) is 0 Å². The minimum Gasteiger partial charge on any atom is -0.463 e. The first-order valence-corrected chi connectivity index (χ1v) is 6.19. The van der Waals surface area contributed by atoms with Crippen molar-refractivity contribution >= 4 is 27.6 Å². The fourth-order valence-corrected chi connectivity index (χ4v) is 1.67. The van der Waals surface area contributed by atoms with Gasteiger partial charge in [0, 0.05) is 22.3 Å². The molecule has 0 aliphatic carbocycles. The lowest BCUT2D eigenvalue weighted by Crippen LogP contribution is -2.15. The van der Waals surface area contributed by atoms with E-state index in [2.05, 4.69) is 27.8 Å². The van der Waals surface area contributed by atoms with Gasteiger partial charge in [-0.2, -0.15) is 0 Å².